The molecule has 0 unspecified atom stereocenters. The minimum Gasteiger partial charge on any atom is -0.402 e. The lowest BCUT2D eigenvalue weighted by Crippen LogP contribution is -1.90. The Labute approximate surface area is 67.5 Å². The zero-order valence-corrected chi connectivity index (χ0v) is 6.96. The second-order valence-electron chi connectivity index (χ2n) is 2.74. The summed E-state index contributed by atoms with van der Waals surface area (Å²) in [4.78, 5) is 0. The van der Waals surface area contributed by atoms with Crippen LogP contribution in [0.3, 0.4) is 0 Å². The second kappa shape index (κ2) is 3.24. The number of hydrogen-bond donors (Lipinski definition) is 1. The Hall–Kier alpha value is -1.24. The monoisotopic (exact) mass is 147 g/mol. The molecular formula is C10H13N. The van der Waals surface area contributed by atoms with E-state index in [2.05, 4.69) is 19.1 Å². The number of rotatable bonds is 1. The summed E-state index contributed by atoms with van der Waals surface area (Å²) in [6.45, 7) is 3.97. The van der Waals surface area contributed by atoms with Crippen molar-refractivity contribution in [3.8, 4) is 0 Å². The van der Waals surface area contributed by atoms with E-state index in [9.17, 15) is 0 Å². The van der Waals surface area contributed by atoms with Crippen LogP contribution in [0.15, 0.2) is 30.0 Å². The molecule has 0 aliphatic carbocycles. The van der Waals surface area contributed by atoms with Gasteiger partial charge in [-0.05, 0) is 31.1 Å². The topological polar surface area (TPSA) is 26.0 Å². The SMILES string of the molecule is CC(N)=Cc1ccccc1C. The van der Waals surface area contributed by atoms with Crippen LogP contribution in [0.2, 0.25) is 0 Å². The number of allylic oxidation sites excluding steroid dienone is 1. The largest absolute Gasteiger partial charge is 0.402 e. The van der Waals surface area contributed by atoms with Gasteiger partial charge < -0.3 is 5.73 Å². The van der Waals surface area contributed by atoms with Gasteiger partial charge in [0.2, 0.25) is 0 Å². The van der Waals surface area contributed by atoms with E-state index in [-0.39, 0.29) is 0 Å². The Balaban J connectivity index is 3.04. The summed E-state index contributed by atoms with van der Waals surface area (Å²) in [5, 5.41) is 0. The van der Waals surface area contributed by atoms with Gasteiger partial charge in [0.05, 0.1) is 0 Å². The Bertz CT molecular complexity index is 270. The molecule has 0 bridgehead atoms. The van der Waals surface area contributed by atoms with E-state index in [0.717, 1.165) is 5.70 Å². The summed E-state index contributed by atoms with van der Waals surface area (Å²) in [6.07, 6.45) is 1.98. The van der Waals surface area contributed by atoms with Crippen molar-refractivity contribution in [1.82, 2.24) is 0 Å². The number of hydrogen-bond acceptors (Lipinski definition) is 1. The molecule has 0 heterocycles. The molecule has 11 heavy (non-hydrogen) atoms. The molecule has 1 rings (SSSR count). The van der Waals surface area contributed by atoms with Crippen LogP contribution in [0.25, 0.3) is 6.08 Å². The van der Waals surface area contributed by atoms with Gasteiger partial charge in [0.1, 0.15) is 0 Å². The molecular weight excluding hydrogens is 134 g/mol. The first kappa shape index (κ1) is 7.86. The van der Waals surface area contributed by atoms with Crippen molar-refractivity contribution in [2.45, 2.75) is 13.8 Å². The Morgan fingerprint density at radius 3 is 2.55 bits per heavy atom. The quantitative estimate of drug-likeness (QED) is 0.648. The maximum atomic E-state index is 5.55. The predicted molar refractivity (Wildman–Crippen MR) is 49.0 cm³/mol. The van der Waals surface area contributed by atoms with Crippen LogP contribution in [0.1, 0.15) is 18.1 Å². The van der Waals surface area contributed by atoms with E-state index in [1.54, 1.807) is 0 Å². The van der Waals surface area contributed by atoms with E-state index in [0.29, 0.717) is 0 Å². The summed E-state index contributed by atoms with van der Waals surface area (Å²) in [5.74, 6) is 0. The van der Waals surface area contributed by atoms with Crippen molar-refractivity contribution in [3.05, 3.63) is 41.1 Å². The fourth-order valence-electron chi connectivity index (χ4n) is 0.994. The van der Waals surface area contributed by atoms with Crippen LogP contribution in [-0.2, 0) is 0 Å². The molecule has 0 saturated carbocycles. The van der Waals surface area contributed by atoms with Gasteiger partial charge in [-0.2, -0.15) is 0 Å². The van der Waals surface area contributed by atoms with Crippen molar-refractivity contribution >= 4 is 6.08 Å². The van der Waals surface area contributed by atoms with Crippen LogP contribution >= 0.6 is 0 Å². The summed E-state index contributed by atoms with van der Waals surface area (Å²) < 4.78 is 0. The fraction of sp³-hybridized carbons (Fsp3) is 0.200. The summed E-state index contributed by atoms with van der Waals surface area (Å²) in [6, 6.07) is 8.18. The Morgan fingerprint density at radius 2 is 2.00 bits per heavy atom. The first-order chi connectivity index (χ1) is 5.20. The maximum absolute atomic E-state index is 5.55. The molecule has 0 saturated heterocycles. The third kappa shape index (κ3) is 2.11. The molecule has 0 aromatic heterocycles. The van der Waals surface area contributed by atoms with Crippen LogP contribution in [-0.4, -0.2) is 0 Å². The van der Waals surface area contributed by atoms with Crippen molar-refractivity contribution < 1.29 is 0 Å². The number of benzene rings is 1. The molecule has 0 amide bonds. The molecule has 1 aromatic carbocycles. The summed E-state index contributed by atoms with van der Waals surface area (Å²) >= 11 is 0. The van der Waals surface area contributed by atoms with Crippen molar-refractivity contribution in [2.75, 3.05) is 0 Å². The highest BCUT2D eigenvalue weighted by molar-refractivity contribution is 5.55. The molecule has 0 aliphatic heterocycles. The van der Waals surface area contributed by atoms with Crippen molar-refractivity contribution in [3.63, 3.8) is 0 Å². The lowest BCUT2D eigenvalue weighted by molar-refractivity contribution is 1.33. The van der Waals surface area contributed by atoms with E-state index < -0.39 is 0 Å². The lowest BCUT2D eigenvalue weighted by atomic mass is 10.1. The minimum atomic E-state index is 0.847. The average molecular weight is 147 g/mol. The first-order valence-corrected chi connectivity index (χ1v) is 3.69. The van der Waals surface area contributed by atoms with Gasteiger partial charge >= 0.3 is 0 Å². The van der Waals surface area contributed by atoms with Gasteiger partial charge in [0.25, 0.3) is 0 Å². The van der Waals surface area contributed by atoms with Crippen molar-refractivity contribution in [2.24, 2.45) is 5.73 Å². The third-order valence-electron chi connectivity index (χ3n) is 1.57. The average Bonchev–Trinajstić information content (AvgIpc) is 1.93. The molecule has 1 heteroatoms. The molecule has 58 valence electrons. The standard InChI is InChI=1S/C10H13N/c1-8-5-3-4-6-10(8)7-9(2)11/h3-7H,11H2,1-2H3. The van der Waals surface area contributed by atoms with Gasteiger partial charge in [-0.25, -0.2) is 0 Å². The van der Waals surface area contributed by atoms with Gasteiger partial charge in [0, 0.05) is 5.70 Å². The summed E-state index contributed by atoms with van der Waals surface area (Å²) in [5.41, 5.74) is 8.86. The molecule has 0 radical (unpaired) electrons. The van der Waals surface area contributed by atoms with Gasteiger partial charge in [-0.3, -0.25) is 0 Å². The molecule has 0 atom stereocenters. The van der Waals surface area contributed by atoms with E-state index in [1.165, 1.54) is 11.1 Å². The van der Waals surface area contributed by atoms with E-state index in [4.69, 9.17) is 5.73 Å². The second-order valence-corrected chi connectivity index (χ2v) is 2.74. The normalized spacial score (nSPS) is 11.6. The zero-order chi connectivity index (χ0) is 8.27. The smallest absolute Gasteiger partial charge is 0.00549 e. The highest BCUT2D eigenvalue weighted by Gasteiger charge is 1.90. The minimum absolute atomic E-state index is 0.847. The van der Waals surface area contributed by atoms with Crippen LogP contribution < -0.4 is 5.73 Å². The molecule has 0 spiro atoms. The van der Waals surface area contributed by atoms with Crippen LogP contribution in [0.4, 0.5) is 0 Å². The molecule has 1 aromatic rings. The lowest BCUT2D eigenvalue weighted by Gasteiger charge is -1.98. The highest BCUT2D eigenvalue weighted by atomic mass is 14.5. The maximum Gasteiger partial charge on any atom is 0.00549 e. The Kier molecular flexibility index (Phi) is 2.32. The highest BCUT2D eigenvalue weighted by Crippen LogP contribution is 2.09. The predicted octanol–water partition coefficient (Wildman–Crippen LogP) is 2.31. The zero-order valence-electron chi connectivity index (χ0n) is 6.96. The molecule has 0 aliphatic rings. The van der Waals surface area contributed by atoms with Crippen molar-refractivity contribution in [1.29, 1.82) is 0 Å². The third-order valence-corrected chi connectivity index (χ3v) is 1.57. The van der Waals surface area contributed by atoms with Crippen LogP contribution in [0.5, 0.6) is 0 Å². The molecule has 1 nitrogen and oxygen atoms in total. The van der Waals surface area contributed by atoms with E-state index in [1.807, 2.05) is 25.1 Å². The molecule has 2 N–H and O–H groups in total. The summed E-state index contributed by atoms with van der Waals surface area (Å²) in [7, 11) is 0. The van der Waals surface area contributed by atoms with Gasteiger partial charge in [-0.1, -0.05) is 24.3 Å². The van der Waals surface area contributed by atoms with E-state index >= 15 is 0 Å². The van der Waals surface area contributed by atoms with Gasteiger partial charge in [0.15, 0.2) is 0 Å². The number of nitrogens with two attached hydrogens (primary N) is 1. The molecule has 0 fully saturated rings. The fourth-order valence-corrected chi connectivity index (χ4v) is 0.994. The first-order valence-electron chi connectivity index (χ1n) is 3.69. The Morgan fingerprint density at radius 1 is 1.36 bits per heavy atom. The van der Waals surface area contributed by atoms with Crippen LogP contribution in [0, 0.1) is 6.92 Å². The van der Waals surface area contributed by atoms with Gasteiger partial charge in [-0.15, -0.1) is 0 Å². The number of aryl methyl sites for hydroxylation is 1.